The van der Waals surface area contributed by atoms with E-state index in [1.165, 1.54) is 23.1 Å². The molecule has 0 radical (unpaired) electrons. The van der Waals surface area contributed by atoms with Crippen molar-refractivity contribution in [3.63, 3.8) is 0 Å². The molecular weight excluding hydrogens is 432 g/mol. The van der Waals surface area contributed by atoms with Gasteiger partial charge in [-0.3, -0.25) is 19.7 Å². The fraction of sp³-hybridized carbons (Fsp3) is 0.304. The maximum absolute atomic E-state index is 12.9. The van der Waals surface area contributed by atoms with Crippen molar-refractivity contribution in [2.75, 3.05) is 33.0 Å². The van der Waals surface area contributed by atoms with E-state index >= 15 is 0 Å². The molecule has 10 nitrogen and oxygen atoms in total. The molecule has 0 unspecified atom stereocenters. The summed E-state index contributed by atoms with van der Waals surface area (Å²) >= 11 is 0. The number of amides is 1. The summed E-state index contributed by atoms with van der Waals surface area (Å²) in [5.41, 5.74) is 0.163. The Morgan fingerprint density at radius 2 is 1.88 bits per heavy atom. The van der Waals surface area contributed by atoms with Gasteiger partial charge in [0.25, 0.3) is 17.4 Å². The van der Waals surface area contributed by atoms with Crippen LogP contribution in [0.4, 0.5) is 5.69 Å². The lowest BCUT2D eigenvalue weighted by Gasteiger charge is -2.25. The van der Waals surface area contributed by atoms with Crippen molar-refractivity contribution in [3.8, 4) is 5.75 Å². The monoisotopic (exact) mass is 456 g/mol. The molecule has 0 saturated carbocycles. The Hall–Kier alpha value is -3.76. The standard InChI is InChI=1S/C23H24N2O8/c1-2-33-18-8-6-15(7-9-18)20-19(21(27)16-4-3-5-17(14-16)25(30)31)22(28)23(29)24(20)10-12-32-13-11-26/h3-9,14,20,26-27H,2,10-13H2,1H3/b21-19+/t20-/m0/s1. The van der Waals surface area contributed by atoms with Crippen LogP contribution in [0, 0.1) is 10.1 Å². The Morgan fingerprint density at radius 3 is 2.52 bits per heavy atom. The zero-order valence-corrected chi connectivity index (χ0v) is 18.0. The molecule has 2 aromatic rings. The quantitative estimate of drug-likeness (QED) is 0.139. The number of likely N-dealkylation sites (tertiary alicyclic amines) is 1. The summed E-state index contributed by atoms with van der Waals surface area (Å²) in [6.45, 7) is 2.30. The molecule has 1 aliphatic rings. The minimum Gasteiger partial charge on any atom is -0.507 e. The summed E-state index contributed by atoms with van der Waals surface area (Å²) in [4.78, 5) is 37.6. The van der Waals surface area contributed by atoms with Gasteiger partial charge in [-0.2, -0.15) is 0 Å². The molecule has 1 amide bonds. The van der Waals surface area contributed by atoms with Crippen molar-refractivity contribution in [1.82, 2.24) is 4.90 Å². The predicted octanol–water partition coefficient (Wildman–Crippen LogP) is 2.42. The molecule has 0 bridgehead atoms. The van der Waals surface area contributed by atoms with E-state index in [4.69, 9.17) is 14.6 Å². The van der Waals surface area contributed by atoms with Crippen LogP contribution < -0.4 is 4.74 Å². The third kappa shape index (κ3) is 5.18. The number of rotatable bonds is 10. The molecule has 0 aromatic heterocycles. The molecule has 33 heavy (non-hydrogen) atoms. The van der Waals surface area contributed by atoms with Crippen molar-refractivity contribution in [1.29, 1.82) is 0 Å². The lowest BCUT2D eigenvalue weighted by atomic mass is 9.95. The smallest absolute Gasteiger partial charge is 0.295 e. The number of nitro groups is 1. The van der Waals surface area contributed by atoms with Crippen LogP contribution >= 0.6 is 0 Å². The highest BCUT2D eigenvalue weighted by molar-refractivity contribution is 6.46. The summed E-state index contributed by atoms with van der Waals surface area (Å²) in [5, 5.41) is 31.0. The fourth-order valence-corrected chi connectivity index (χ4v) is 3.62. The molecular formula is C23H24N2O8. The zero-order chi connectivity index (χ0) is 24.0. The molecule has 10 heteroatoms. The van der Waals surface area contributed by atoms with Crippen LogP contribution in [-0.4, -0.2) is 64.7 Å². The van der Waals surface area contributed by atoms with Gasteiger partial charge in [-0.15, -0.1) is 0 Å². The number of aliphatic hydroxyl groups excluding tert-OH is 2. The highest BCUT2D eigenvalue weighted by Gasteiger charge is 2.46. The van der Waals surface area contributed by atoms with Gasteiger partial charge in [-0.1, -0.05) is 24.3 Å². The summed E-state index contributed by atoms with van der Waals surface area (Å²) in [7, 11) is 0. The Labute approximate surface area is 189 Å². The number of non-ortho nitro benzene ring substituents is 1. The van der Waals surface area contributed by atoms with Gasteiger partial charge in [0.1, 0.15) is 11.5 Å². The number of ketones is 1. The van der Waals surface area contributed by atoms with Crippen LogP contribution in [0.3, 0.4) is 0 Å². The molecule has 0 spiro atoms. The van der Waals surface area contributed by atoms with E-state index in [0.29, 0.717) is 17.9 Å². The number of hydrogen-bond donors (Lipinski definition) is 2. The van der Waals surface area contributed by atoms with Gasteiger partial charge in [0, 0.05) is 24.2 Å². The van der Waals surface area contributed by atoms with Gasteiger partial charge in [-0.05, 0) is 24.6 Å². The van der Waals surface area contributed by atoms with Crippen molar-refractivity contribution in [2.45, 2.75) is 13.0 Å². The first kappa shape index (κ1) is 23.9. The first-order chi connectivity index (χ1) is 15.9. The second-order valence-corrected chi connectivity index (χ2v) is 7.14. The number of nitrogens with zero attached hydrogens (tertiary/aromatic N) is 2. The summed E-state index contributed by atoms with van der Waals surface area (Å²) < 4.78 is 10.7. The maximum Gasteiger partial charge on any atom is 0.295 e. The second kappa shape index (κ2) is 10.7. The van der Waals surface area contributed by atoms with Crippen molar-refractivity contribution in [3.05, 3.63) is 75.3 Å². The number of carbonyl (C=O) groups is 2. The van der Waals surface area contributed by atoms with Crippen LogP contribution in [0.25, 0.3) is 5.76 Å². The molecule has 3 rings (SSSR count). The van der Waals surface area contributed by atoms with Crippen LogP contribution in [0.2, 0.25) is 0 Å². The highest BCUT2D eigenvalue weighted by Crippen LogP contribution is 2.40. The third-order valence-corrected chi connectivity index (χ3v) is 5.09. The molecule has 2 aromatic carbocycles. The lowest BCUT2D eigenvalue weighted by molar-refractivity contribution is -0.384. The van der Waals surface area contributed by atoms with Crippen LogP contribution in [0.5, 0.6) is 5.75 Å². The molecule has 2 N–H and O–H groups in total. The Kier molecular flexibility index (Phi) is 7.75. The number of benzene rings is 2. The molecule has 1 aliphatic heterocycles. The van der Waals surface area contributed by atoms with Gasteiger partial charge in [0.05, 0.1) is 43.0 Å². The van der Waals surface area contributed by atoms with Crippen LogP contribution in [-0.2, 0) is 14.3 Å². The van der Waals surface area contributed by atoms with E-state index in [1.807, 2.05) is 6.92 Å². The Bertz CT molecular complexity index is 1060. The Morgan fingerprint density at radius 1 is 1.15 bits per heavy atom. The van der Waals surface area contributed by atoms with E-state index in [9.17, 15) is 24.8 Å². The van der Waals surface area contributed by atoms with Crippen LogP contribution in [0.1, 0.15) is 24.1 Å². The highest BCUT2D eigenvalue weighted by atomic mass is 16.6. The Balaban J connectivity index is 2.08. The SMILES string of the molecule is CCOc1ccc([C@H]2/C(=C(\O)c3cccc([N+](=O)[O-])c3)C(=O)C(=O)N2CCOCCO)cc1. The van der Waals surface area contributed by atoms with Gasteiger partial charge in [-0.25, -0.2) is 0 Å². The van der Waals surface area contributed by atoms with Gasteiger partial charge in [0.15, 0.2) is 0 Å². The van der Waals surface area contributed by atoms with Gasteiger partial charge in [0.2, 0.25) is 0 Å². The average Bonchev–Trinajstić information content (AvgIpc) is 3.07. The number of ether oxygens (including phenoxy) is 2. The number of carbonyl (C=O) groups excluding carboxylic acids is 2. The number of nitro benzene ring substituents is 1. The van der Waals surface area contributed by atoms with E-state index in [1.54, 1.807) is 24.3 Å². The third-order valence-electron chi connectivity index (χ3n) is 5.09. The minimum absolute atomic E-state index is 0.0359. The van der Waals surface area contributed by atoms with Gasteiger partial charge >= 0.3 is 0 Å². The van der Waals surface area contributed by atoms with Crippen molar-refractivity contribution in [2.24, 2.45) is 0 Å². The average molecular weight is 456 g/mol. The second-order valence-electron chi connectivity index (χ2n) is 7.14. The summed E-state index contributed by atoms with van der Waals surface area (Å²) in [5.74, 6) is -1.63. The van der Waals surface area contributed by atoms with Crippen LogP contribution in [0.15, 0.2) is 54.1 Å². The molecule has 1 fully saturated rings. The van der Waals surface area contributed by atoms with E-state index in [-0.39, 0.29) is 43.2 Å². The normalized spacial score (nSPS) is 17.4. The van der Waals surface area contributed by atoms with Crippen molar-refractivity contribution < 1.29 is 34.2 Å². The van der Waals surface area contributed by atoms with E-state index in [2.05, 4.69) is 0 Å². The number of aliphatic hydroxyl groups is 2. The molecule has 1 saturated heterocycles. The fourth-order valence-electron chi connectivity index (χ4n) is 3.62. The number of Topliss-reactive ketones (excluding diaryl/α,β-unsaturated/α-hetero) is 1. The maximum atomic E-state index is 12.9. The summed E-state index contributed by atoms with van der Waals surface area (Å²) in [6, 6.07) is 11.0. The molecule has 174 valence electrons. The molecule has 0 aliphatic carbocycles. The summed E-state index contributed by atoms with van der Waals surface area (Å²) in [6.07, 6.45) is 0. The predicted molar refractivity (Wildman–Crippen MR) is 118 cm³/mol. The first-order valence-electron chi connectivity index (χ1n) is 10.3. The molecule has 1 atom stereocenters. The van der Waals surface area contributed by atoms with Crippen molar-refractivity contribution >= 4 is 23.1 Å². The minimum atomic E-state index is -0.933. The van der Waals surface area contributed by atoms with E-state index < -0.39 is 28.4 Å². The number of hydrogen-bond acceptors (Lipinski definition) is 8. The lowest BCUT2D eigenvalue weighted by Crippen LogP contribution is -2.33. The molecule has 1 heterocycles. The van der Waals surface area contributed by atoms with Gasteiger partial charge < -0.3 is 24.6 Å². The first-order valence-corrected chi connectivity index (χ1v) is 10.3. The zero-order valence-electron chi connectivity index (χ0n) is 18.0. The largest absolute Gasteiger partial charge is 0.507 e. The topological polar surface area (TPSA) is 139 Å². The van der Waals surface area contributed by atoms with E-state index in [0.717, 1.165) is 6.07 Å².